The Morgan fingerprint density at radius 1 is 0.969 bits per heavy atom. The van der Waals surface area contributed by atoms with Crippen LogP contribution in [0, 0.1) is 29.3 Å². The van der Waals surface area contributed by atoms with Crippen LogP contribution in [0.2, 0.25) is 0 Å². The first-order chi connectivity index (χ1) is 15.0. The lowest BCUT2D eigenvalue weighted by molar-refractivity contribution is -0.0536. The van der Waals surface area contributed by atoms with Crippen molar-refractivity contribution >= 4 is 17.5 Å². The number of alkyl halides is 2. The number of halogens is 6. The largest absolute Gasteiger partial charge is 0.326 e. The second kappa shape index (κ2) is 8.08. The average molecular weight is 456 g/mol. The van der Waals surface area contributed by atoms with E-state index in [9.17, 15) is 26.3 Å². The van der Waals surface area contributed by atoms with Crippen LogP contribution in [0.1, 0.15) is 31.4 Å². The lowest BCUT2D eigenvalue weighted by atomic mass is 9.82. The molecule has 0 amide bonds. The summed E-state index contributed by atoms with van der Waals surface area (Å²) in [6, 6.07) is 4.25. The molecule has 0 bridgehead atoms. The number of anilines is 1. The summed E-state index contributed by atoms with van der Waals surface area (Å²) in [5.74, 6) is -9.48. The summed E-state index contributed by atoms with van der Waals surface area (Å²) in [5, 5.41) is 5.20. The Labute approximate surface area is 178 Å². The van der Waals surface area contributed by atoms with E-state index in [2.05, 4.69) is 25.6 Å². The molecule has 1 aromatic carbocycles. The van der Waals surface area contributed by atoms with E-state index >= 15 is 0 Å². The van der Waals surface area contributed by atoms with Gasteiger partial charge in [0.2, 0.25) is 23.6 Å². The first kappa shape index (κ1) is 22.1. The Morgan fingerprint density at radius 2 is 1.62 bits per heavy atom. The number of guanidine groups is 1. The van der Waals surface area contributed by atoms with Crippen LogP contribution in [0.25, 0.3) is 0 Å². The van der Waals surface area contributed by atoms with Crippen molar-refractivity contribution in [2.45, 2.75) is 37.4 Å². The number of nitrogens with zero attached hydrogens (tertiary/aromatic N) is 3. The maximum absolute atomic E-state index is 14.4. The van der Waals surface area contributed by atoms with Gasteiger partial charge >= 0.3 is 0 Å². The summed E-state index contributed by atoms with van der Waals surface area (Å²) in [7, 11) is 0. The van der Waals surface area contributed by atoms with Gasteiger partial charge in [0, 0.05) is 30.5 Å². The van der Waals surface area contributed by atoms with Crippen molar-refractivity contribution in [2.24, 2.45) is 21.6 Å². The van der Waals surface area contributed by atoms with Crippen LogP contribution >= 0.6 is 0 Å². The molecule has 2 aromatic rings. The standard InChI is InChI=1S/C20H18F6N6/c21-11-7-12(22)9-13(8-11)28-18-30-17(16-14(23)1-2-15(24)29-16)31-20(27,32-18)10-3-5-19(25,26)6-4-10/h1-2,7-10H,3-6,27H2,(H2,28,30,31,32). The zero-order valence-electron chi connectivity index (χ0n) is 16.5. The molecule has 1 saturated carbocycles. The summed E-state index contributed by atoms with van der Waals surface area (Å²) in [5.41, 5.74) is 5.78. The number of hydrogen-bond acceptors (Lipinski definition) is 6. The number of rotatable bonds is 3. The van der Waals surface area contributed by atoms with E-state index in [0.717, 1.165) is 24.3 Å². The van der Waals surface area contributed by atoms with E-state index in [-0.39, 0.29) is 30.3 Å². The molecule has 0 saturated heterocycles. The third-order valence-electron chi connectivity index (χ3n) is 5.30. The van der Waals surface area contributed by atoms with Crippen molar-refractivity contribution in [3.63, 3.8) is 0 Å². The van der Waals surface area contributed by atoms with Gasteiger partial charge in [-0.1, -0.05) is 0 Å². The maximum Gasteiger partial charge on any atom is 0.248 e. The fourth-order valence-corrected chi connectivity index (χ4v) is 3.72. The second-order valence-corrected chi connectivity index (χ2v) is 7.71. The van der Waals surface area contributed by atoms with Gasteiger partial charge in [-0.05, 0) is 37.1 Å². The van der Waals surface area contributed by atoms with Crippen molar-refractivity contribution in [3.05, 3.63) is 59.4 Å². The van der Waals surface area contributed by atoms with Crippen LogP contribution < -0.4 is 16.4 Å². The predicted octanol–water partition coefficient (Wildman–Crippen LogP) is 3.89. The maximum atomic E-state index is 14.4. The highest BCUT2D eigenvalue weighted by Crippen LogP contribution is 2.41. The predicted molar refractivity (Wildman–Crippen MR) is 105 cm³/mol. The highest BCUT2D eigenvalue weighted by atomic mass is 19.3. The quantitative estimate of drug-likeness (QED) is 0.483. The van der Waals surface area contributed by atoms with Gasteiger partial charge in [0.1, 0.15) is 17.3 Å². The van der Waals surface area contributed by atoms with Gasteiger partial charge in [-0.3, -0.25) is 5.73 Å². The van der Waals surface area contributed by atoms with Crippen molar-refractivity contribution in [1.29, 1.82) is 0 Å². The second-order valence-electron chi connectivity index (χ2n) is 7.71. The zero-order valence-corrected chi connectivity index (χ0v) is 16.5. The Kier molecular flexibility index (Phi) is 5.57. The molecule has 1 atom stereocenters. The van der Waals surface area contributed by atoms with Crippen LogP contribution in [0.15, 0.2) is 40.3 Å². The smallest absolute Gasteiger partial charge is 0.248 e. The minimum absolute atomic E-state index is 0.0231. The summed E-state index contributed by atoms with van der Waals surface area (Å²) < 4.78 is 82.5. The number of aliphatic imine (C=N–C) groups is 2. The minimum Gasteiger partial charge on any atom is -0.326 e. The molecular formula is C20H18F6N6. The molecule has 1 aromatic heterocycles. The van der Waals surface area contributed by atoms with Crippen molar-refractivity contribution < 1.29 is 26.3 Å². The van der Waals surface area contributed by atoms with Crippen LogP contribution in [-0.4, -0.2) is 28.5 Å². The molecule has 6 nitrogen and oxygen atoms in total. The Balaban J connectivity index is 1.72. The van der Waals surface area contributed by atoms with E-state index in [0.29, 0.717) is 6.07 Å². The number of hydrogen-bond donors (Lipinski definition) is 3. The monoisotopic (exact) mass is 456 g/mol. The number of aromatic nitrogens is 1. The summed E-state index contributed by atoms with van der Waals surface area (Å²) in [4.78, 5) is 11.9. The van der Waals surface area contributed by atoms with Gasteiger partial charge in [0.05, 0.1) is 0 Å². The molecule has 4 rings (SSSR count). The average Bonchev–Trinajstić information content (AvgIpc) is 2.68. The van der Waals surface area contributed by atoms with Gasteiger partial charge in [0.25, 0.3) is 0 Å². The Hall–Kier alpha value is -3.15. The lowest BCUT2D eigenvalue weighted by Crippen LogP contribution is -2.54. The van der Waals surface area contributed by atoms with Crippen LogP contribution in [-0.2, 0) is 0 Å². The number of pyridine rings is 1. The molecule has 1 fully saturated rings. The van der Waals surface area contributed by atoms with E-state index in [1.54, 1.807) is 0 Å². The summed E-state index contributed by atoms with van der Waals surface area (Å²) >= 11 is 0. The van der Waals surface area contributed by atoms with Crippen molar-refractivity contribution in [3.8, 4) is 0 Å². The van der Waals surface area contributed by atoms with Crippen LogP contribution in [0.3, 0.4) is 0 Å². The normalized spacial score (nSPS) is 23.2. The molecule has 1 aliphatic heterocycles. The highest BCUT2D eigenvalue weighted by molar-refractivity contribution is 6.13. The molecule has 12 heteroatoms. The third kappa shape index (κ3) is 4.69. The van der Waals surface area contributed by atoms with Gasteiger partial charge in [-0.15, -0.1) is 0 Å². The molecular weight excluding hydrogens is 438 g/mol. The number of nitrogens with two attached hydrogens (primary N) is 1. The van der Waals surface area contributed by atoms with E-state index in [4.69, 9.17) is 5.73 Å². The zero-order chi connectivity index (χ0) is 23.1. The van der Waals surface area contributed by atoms with Crippen molar-refractivity contribution in [2.75, 3.05) is 5.32 Å². The van der Waals surface area contributed by atoms with E-state index < -0.39 is 59.6 Å². The molecule has 1 unspecified atom stereocenters. The fraction of sp³-hybridized carbons (Fsp3) is 0.350. The molecule has 170 valence electrons. The topological polar surface area (TPSA) is 87.7 Å². The van der Waals surface area contributed by atoms with Gasteiger partial charge in [0.15, 0.2) is 11.7 Å². The molecule has 0 radical (unpaired) electrons. The Morgan fingerprint density at radius 3 is 2.28 bits per heavy atom. The van der Waals surface area contributed by atoms with Gasteiger partial charge in [-0.25, -0.2) is 36.9 Å². The molecule has 32 heavy (non-hydrogen) atoms. The number of amidine groups is 1. The lowest BCUT2D eigenvalue weighted by Gasteiger charge is -2.38. The molecule has 1 aliphatic carbocycles. The number of benzene rings is 1. The van der Waals surface area contributed by atoms with Gasteiger partial charge < -0.3 is 10.6 Å². The first-order valence-corrected chi connectivity index (χ1v) is 9.72. The van der Waals surface area contributed by atoms with Gasteiger partial charge in [-0.2, -0.15) is 4.39 Å². The fourth-order valence-electron chi connectivity index (χ4n) is 3.72. The number of nitrogens with one attached hydrogen (secondary N) is 2. The molecule has 2 aliphatic rings. The van der Waals surface area contributed by atoms with E-state index in [1.807, 2.05) is 0 Å². The molecule has 2 heterocycles. The summed E-state index contributed by atoms with van der Waals surface area (Å²) in [6.45, 7) is 0. The Bertz CT molecular complexity index is 1070. The minimum atomic E-state index is -2.84. The highest BCUT2D eigenvalue weighted by Gasteiger charge is 2.45. The summed E-state index contributed by atoms with van der Waals surface area (Å²) in [6.07, 6.45) is -0.918. The van der Waals surface area contributed by atoms with Crippen molar-refractivity contribution in [1.82, 2.24) is 10.3 Å². The first-order valence-electron chi connectivity index (χ1n) is 9.72. The molecule has 4 N–H and O–H groups in total. The van der Waals surface area contributed by atoms with Crippen LogP contribution in [0.4, 0.5) is 32.0 Å². The van der Waals surface area contributed by atoms with E-state index in [1.165, 1.54) is 0 Å². The van der Waals surface area contributed by atoms with Crippen LogP contribution in [0.5, 0.6) is 0 Å². The molecule has 0 spiro atoms. The third-order valence-corrected chi connectivity index (χ3v) is 5.30. The SMILES string of the molecule is NC1(C2CCC(F)(F)CC2)N=C(Nc2cc(F)cc(F)c2)NC(c2nc(F)ccc2F)=N1.